The average molecular weight is 605 g/mol. The second kappa shape index (κ2) is 13.6. The summed E-state index contributed by atoms with van der Waals surface area (Å²) in [7, 11) is 7.51. The Morgan fingerprint density at radius 2 is 1.86 bits per heavy atom. The second-order valence-electron chi connectivity index (χ2n) is 10.5. The monoisotopic (exact) mass is 604 g/mol. The maximum atomic E-state index is 13.7. The molecular formula is C31H37ClN8O3. The predicted molar refractivity (Wildman–Crippen MR) is 174 cm³/mol. The van der Waals surface area contributed by atoms with Crippen molar-refractivity contribution in [3.05, 3.63) is 82.4 Å². The molecule has 12 heteroatoms. The highest BCUT2D eigenvalue weighted by atomic mass is 35.5. The summed E-state index contributed by atoms with van der Waals surface area (Å²) in [5.74, 6) is 0.782. The number of ether oxygens (including phenoxy) is 1. The van der Waals surface area contributed by atoms with E-state index in [4.69, 9.17) is 16.3 Å². The summed E-state index contributed by atoms with van der Waals surface area (Å²) >= 11 is 6.30. The van der Waals surface area contributed by atoms with Crippen LogP contribution in [0.15, 0.2) is 71.7 Å². The molecular weight excluding hydrogens is 568 g/mol. The number of carbonyl (C=O) groups excluding carboxylic acids is 1. The Labute approximate surface area is 256 Å². The molecule has 2 aromatic carbocycles. The molecule has 43 heavy (non-hydrogen) atoms. The number of likely N-dealkylation sites (N-methyl/N-ethyl adjacent to an activating group) is 2. The van der Waals surface area contributed by atoms with E-state index in [2.05, 4.69) is 32.1 Å². The Hall–Kier alpha value is -4.61. The number of allylic oxidation sites excluding steroid dienone is 2. The summed E-state index contributed by atoms with van der Waals surface area (Å²) in [6, 6.07) is 10.6. The van der Waals surface area contributed by atoms with E-state index in [1.54, 1.807) is 48.2 Å². The first-order valence-electron chi connectivity index (χ1n) is 13.7. The standard InChI is InChI=1S/C31H37ClN8O3/c1-8-29(41)34-22-18-23(27(43-7)19-25(22)38(6)16-15-37(4)5)35-30-33-13-11-28(36-30)40-24-10-9-21(32)17-26(24)39(31(40)42)14-12-20(2)3/h8-13,17-19H,1,14-16H2,2-7H3,(H,34,41)(H,33,35,36). The number of fused-ring (bicyclic) bond motifs is 1. The number of imidazole rings is 1. The lowest BCUT2D eigenvalue weighted by Gasteiger charge is -2.26. The third-order valence-electron chi connectivity index (χ3n) is 6.74. The molecule has 0 saturated carbocycles. The van der Waals surface area contributed by atoms with Crippen molar-refractivity contribution in [1.82, 2.24) is 24.0 Å². The van der Waals surface area contributed by atoms with Gasteiger partial charge in [0.15, 0.2) is 0 Å². The van der Waals surface area contributed by atoms with Crippen molar-refractivity contribution in [3.8, 4) is 11.6 Å². The van der Waals surface area contributed by atoms with E-state index in [1.807, 2.05) is 52.0 Å². The minimum Gasteiger partial charge on any atom is -0.494 e. The number of halogens is 1. The molecule has 0 atom stereocenters. The van der Waals surface area contributed by atoms with Gasteiger partial charge in [0.05, 0.1) is 35.2 Å². The van der Waals surface area contributed by atoms with Crippen molar-refractivity contribution in [1.29, 1.82) is 0 Å². The number of rotatable bonds is 12. The molecule has 0 saturated heterocycles. The molecule has 0 bridgehead atoms. The quantitative estimate of drug-likeness (QED) is 0.170. The number of nitrogens with one attached hydrogen (secondary N) is 2. The predicted octanol–water partition coefficient (Wildman–Crippen LogP) is 5.08. The minimum absolute atomic E-state index is 0.233. The van der Waals surface area contributed by atoms with Gasteiger partial charge in [0.25, 0.3) is 0 Å². The zero-order valence-corrected chi connectivity index (χ0v) is 26.1. The second-order valence-corrected chi connectivity index (χ2v) is 10.9. The van der Waals surface area contributed by atoms with Crippen LogP contribution in [-0.4, -0.2) is 71.3 Å². The molecule has 4 rings (SSSR count). The molecule has 4 aromatic rings. The van der Waals surface area contributed by atoms with Crippen LogP contribution in [0.5, 0.6) is 5.75 Å². The van der Waals surface area contributed by atoms with E-state index in [0.29, 0.717) is 52.1 Å². The third kappa shape index (κ3) is 7.25. The fourth-order valence-corrected chi connectivity index (χ4v) is 4.63. The molecule has 0 aliphatic rings. The molecule has 11 nitrogen and oxygen atoms in total. The number of anilines is 4. The first kappa shape index (κ1) is 31.3. The van der Waals surface area contributed by atoms with Crippen LogP contribution < -0.4 is 26.0 Å². The molecule has 0 radical (unpaired) electrons. The van der Waals surface area contributed by atoms with Crippen LogP contribution in [0.2, 0.25) is 5.02 Å². The fourth-order valence-electron chi connectivity index (χ4n) is 4.46. The lowest BCUT2D eigenvalue weighted by atomic mass is 10.2. The number of carbonyl (C=O) groups is 1. The van der Waals surface area contributed by atoms with Crippen LogP contribution >= 0.6 is 11.6 Å². The molecule has 0 aliphatic heterocycles. The summed E-state index contributed by atoms with van der Waals surface area (Å²) in [5.41, 5.74) is 4.05. The molecule has 2 aromatic heterocycles. The SMILES string of the molecule is C=CC(=O)Nc1cc(Nc2nccc(-n3c(=O)n(CC=C(C)C)c4cc(Cl)ccc43)n2)c(OC)cc1N(C)CCN(C)C. The van der Waals surface area contributed by atoms with E-state index in [-0.39, 0.29) is 17.5 Å². The highest BCUT2D eigenvalue weighted by Crippen LogP contribution is 2.38. The minimum atomic E-state index is -0.347. The Morgan fingerprint density at radius 1 is 1.09 bits per heavy atom. The number of nitrogens with zero attached hydrogens (tertiary/aromatic N) is 6. The number of aromatic nitrogens is 4. The van der Waals surface area contributed by atoms with Gasteiger partial charge in [-0.1, -0.05) is 29.8 Å². The van der Waals surface area contributed by atoms with E-state index >= 15 is 0 Å². The van der Waals surface area contributed by atoms with Gasteiger partial charge in [-0.15, -0.1) is 0 Å². The van der Waals surface area contributed by atoms with Crippen LogP contribution in [0.1, 0.15) is 13.8 Å². The van der Waals surface area contributed by atoms with E-state index in [1.165, 1.54) is 10.6 Å². The van der Waals surface area contributed by atoms with E-state index in [9.17, 15) is 9.59 Å². The first-order valence-corrected chi connectivity index (χ1v) is 14.1. The topological polar surface area (TPSA) is 110 Å². The van der Waals surface area contributed by atoms with Crippen molar-refractivity contribution < 1.29 is 9.53 Å². The van der Waals surface area contributed by atoms with Gasteiger partial charge >= 0.3 is 5.69 Å². The molecule has 0 aliphatic carbocycles. The Morgan fingerprint density at radius 3 is 2.53 bits per heavy atom. The van der Waals surface area contributed by atoms with E-state index < -0.39 is 0 Å². The fraction of sp³-hybridized carbons (Fsp3) is 0.290. The van der Waals surface area contributed by atoms with Crippen molar-refractivity contribution >= 4 is 51.6 Å². The molecule has 0 fully saturated rings. The van der Waals surface area contributed by atoms with Crippen molar-refractivity contribution in [2.75, 3.05) is 56.9 Å². The van der Waals surface area contributed by atoms with Gasteiger partial charge in [-0.25, -0.2) is 14.3 Å². The van der Waals surface area contributed by atoms with Crippen LogP contribution in [0.3, 0.4) is 0 Å². The Balaban J connectivity index is 1.77. The van der Waals surface area contributed by atoms with Crippen LogP contribution in [0.25, 0.3) is 16.9 Å². The molecule has 0 spiro atoms. The Bertz CT molecular complexity index is 1740. The third-order valence-corrected chi connectivity index (χ3v) is 6.98. The lowest BCUT2D eigenvalue weighted by Crippen LogP contribution is -2.29. The largest absolute Gasteiger partial charge is 0.494 e. The number of methoxy groups -OCH3 is 1. The van der Waals surface area contributed by atoms with Gasteiger partial charge in [0, 0.05) is 50.0 Å². The molecule has 1 amide bonds. The van der Waals surface area contributed by atoms with Gasteiger partial charge in [-0.2, -0.15) is 4.98 Å². The number of hydrogen-bond acceptors (Lipinski definition) is 8. The molecule has 2 heterocycles. The van der Waals surface area contributed by atoms with E-state index in [0.717, 1.165) is 17.8 Å². The molecule has 0 unspecified atom stereocenters. The maximum absolute atomic E-state index is 13.7. The van der Waals surface area contributed by atoms with Gasteiger partial charge in [-0.05, 0) is 58.3 Å². The summed E-state index contributed by atoms with van der Waals surface area (Å²) in [4.78, 5) is 39.1. The lowest BCUT2D eigenvalue weighted by molar-refractivity contribution is -0.111. The van der Waals surface area contributed by atoms with Gasteiger partial charge in [0.2, 0.25) is 11.9 Å². The van der Waals surface area contributed by atoms with Gasteiger partial charge in [-0.3, -0.25) is 9.36 Å². The zero-order valence-electron chi connectivity index (χ0n) is 25.3. The summed E-state index contributed by atoms with van der Waals surface area (Å²) in [6.45, 7) is 9.46. The average Bonchev–Trinajstić information content (AvgIpc) is 3.24. The summed E-state index contributed by atoms with van der Waals surface area (Å²) in [5, 5.41) is 6.62. The van der Waals surface area contributed by atoms with Gasteiger partial charge < -0.3 is 25.2 Å². The van der Waals surface area contributed by atoms with Crippen LogP contribution in [-0.2, 0) is 11.3 Å². The number of amides is 1. The molecule has 226 valence electrons. The first-order chi connectivity index (χ1) is 20.5. The zero-order chi connectivity index (χ0) is 31.3. The van der Waals surface area contributed by atoms with Crippen molar-refractivity contribution in [2.45, 2.75) is 20.4 Å². The van der Waals surface area contributed by atoms with Gasteiger partial charge in [0.1, 0.15) is 11.6 Å². The Kier molecular flexibility index (Phi) is 9.89. The molecule has 2 N–H and O–H groups in total. The summed E-state index contributed by atoms with van der Waals surface area (Å²) in [6.07, 6.45) is 4.77. The highest BCUT2D eigenvalue weighted by molar-refractivity contribution is 6.31. The highest BCUT2D eigenvalue weighted by Gasteiger charge is 2.19. The number of hydrogen-bond donors (Lipinski definition) is 2. The van der Waals surface area contributed by atoms with Crippen LogP contribution in [0, 0.1) is 0 Å². The van der Waals surface area contributed by atoms with Crippen molar-refractivity contribution in [2.24, 2.45) is 0 Å². The van der Waals surface area contributed by atoms with Crippen molar-refractivity contribution in [3.63, 3.8) is 0 Å². The maximum Gasteiger partial charge on any atom is 0.335 e. The normalized spacial score (nSPS) is 11.0. The van der Waals surface area contributed by atoms with Crippen LogP contribution in [0.4, 0.5) is 23.0 Å². The smallest absolute Gasteiger partial charge is 0.335 e. The number of benzene rings is 2. The summed E-state index contributed by atoms with van der Waals surface area (Å²) < 4.78 is 8.90.